The van der Waals surface area contributed by atoms with E-state index in [0.717, 1.165) is 11.1 Å². The summed E-state index contributed by atoms with van der Waals surface area (Å²) >= 11 is 0. The van der Waals surface area contributed by atoms with Crippen molar-refractivity contribution in [2.24, 2.45) is 5.10 Å². The molecule has 0 saturated carbocycles. The zero-order chi connectivity index (χ0) is 20.7. The lowest BCUT2D eigenvalue weighted by molar-refractivity contribution is -0.297. The van der Waals surface area contributed by atoms with Gasteiger partial charge in [-0.2, -0.15) is 23.3 Å². The van der Waals surface area contributed by atoms with Crippen molar-refractivity contribution in [3.8, 4) is 5.75 Å². The van der Waals surface area contributed by atoms with E-state index < -0.39 is 24.2 Å². The molecule has 0 spiro atoms. The van der Waals surface area contributed by atoms with Crippen LogP contribution in [0.5, 0.6) is 5.75 Å². The molecule has 1 N–H and O–H groups in total. The minimum absolute atomic E-state index is 0.0119. The smallest absolute Gasteiger partial charge is 0.438 e. The molecule has 2 aromatic rings. The van der Waals surface area contributed by atoms with Crippen molar-refractivity contribution in [1.29, 1.82) is 0 Å². The maximum atomic E-state index is 13.3. The van der Waals surface area contributed by atoms with Gasteiger partial charge >= 0.3 is 12.1 Å². The van der Waals surface area contributed by atoms with Crippen LogP contribution in [0.3, 0.4) is 0 Å². The summed E-state index contributed by atoms with van der Waals surface area (Å²) in [5.41, 5.74) is -1.38. The summed E-state index contributed by atoms with van der Waals surface area (Å²) in [5, 5.41) is 13.6. The van der Waals surface area contributed by atoms with E-state index in [-0.39, 0.29) is 28.8 Å². The van der Waals surface area contributed by atoms with Gasteiger partial charge in [0.05, 0.1) is 0 Å². The number of furan rings is 1. The van der Waals surface area contributed by atoms with Crippen LogP contribution in [0.4, 0.5) is 13.2 Å². The first kappa shape index (κ1) is 19.9. The van der Waals surface area contributed by atoms with Crippen LogP contribution >= 0.6 is 0 Å². The van der Waals surface area contributed by atoms with Crippen LogP contribution in [0, 0.1) is 13.8 Å². The van der Waals surface area contributed by atoms with Crippen LogP contribution < -0.4 is 4.74 Å². The molecule has 0 radical (unpaired) electrons. The number of rotatable bonds is 4. The van der Waals surface area contributed by atoms with Crippen LogP contribution in [-0.4, -0.2) is 33.6 Å². The largest absolute Gasteiger partial charge is 0.486 e. The lowest BCUT2D eigenvalue weighted by Crippen LogP contribution is -2.56. The maximum Gasteiger partial charge on any atom is 0.438 e. The van der Waals surface area contributed by atoms with Crippen molar-refractivity contribution in [2.45, 2.75) is 45.7 Å². The number of carbonyl (C=O) groups excluding carboxylic acids is 1. The summed E-state index contributed by atoms with van der Waals surface area (Å²) < 4.78 is 50.7. The number of benzene rings is 1. The molecule has 28 heavy (non-hydrogen) atoms. The van der Waals surface area contributed by atoms with Crippen LogP contribution in [0.15, 0.2) is 39.9 Å². The summed E-state index contributed by atoms with van der Waals surface area (Å²) in [4.78, 5) is 12.5. The molecule has 1 aliphatic heterocycles. The minimum Gasteiger partial charge on any atom is -0.486 e. The highest BCUT2D eigenvalue weighted by molar-refractivity contribution is 5.96. The fourth-order valence-electron chi connectivity index (χ4n) is 3.00. The lowest BCUT2D eigenvalue weighted by Gasteiger charge is -2.32. The number of ether oxygens (including phenoxy) is 1. The molecule has 1 atom stereocenters. The Kier molecular flexibility index (Phi) is 4.97. The Bertz CT molecular complexity index is 915. The molecule has 2 heterocycles. The van der Waals surface area contributed by atoms with Crippen LogP contribution in [0.1, 0.15) is 40.8 Å². The molecule has 6 nitrogen and oxygen atoms in total. The third-order valence-corrected chi connectivity index (χ3v) is 4.22. The molecule has 1 amide bonds. The number of alkyl halides is 3. The molecule has 0 bridgehead atoms. The molecule has 3 rings (SSSR count). The summed E-state index contributed by atoms with van der Waals surface area (Å²) in [5.74, 6) is -0.708. The fraction of sp³-hybridized carbons (Fsp3) is 0.368. The minimum atomic E-state index is -5.06. The molecule has 1 unspecified atom stereocenters. The van der Waals surface area contributed by atoms with Crippen molar-refractivity contribution >= 4 is 11.6 Å². The van der Waals surface area contributed by atoms with E-state index in [0.29, 0.717) is 5.75 Å². The van der Waals surface area contributed by atoms with E-state index in [1.807, 2.05) is 32.0 Å². The molecule has 1 aromatic carbocycles. The average Bonchev–Trinajstić information content (AvgIpc) is 3.16. The van der Waals surface area contributed by atoms with Gasteiger partial charge in [0.15, 0.2) is 5.76 Å². The summed E-state index contributed by atoms with van der Waals surface area (Å²) in [7, 11) is 0. The third-order valence-electron chi connectivity index (χ3n) is 4.22. The summed E-state index contributed by atoms with van der Waals surface area (Å²) in [6.45, 7) is 5.13. The Morgan fingerprint density at radius 1 is 1.25 bits per heavy atom. The quantitative estimate of drug-likeness (QED) is 0.849. The highest BCUT2D eigenvalue weighted by Crippen LogP contribution is 2.41. The number of nitrogens with zero attached hydrogens (tertiary/aromatic N) is 2. The second-order valence-electron chi connectivity index (χ2n) is 6.82. The number of halogens is 3. The van der Waals surface area contributed by atoms with Crippen molar-refractivity contribution in [2.75, 3.05) is 0 Å². The molecule has 1 aromatic heterocycles. The SMILES string of the molecule is CC1=NN(C(=O)c2ccc(COc3cc(C)cc(C)c3)o2)C(O)(C(F)(F)F)C1. The molecular formula is C19H19F3N2O4. The number of hydrazone groups is 1. The maximum absolute atomic E-state index is 13.3. The Hall–Kier alpha value is -2.81. The highest BCUT2D eigenvalue weighted by atomic mass is 19.4. The number of aryl methyl sites for hydroxylation is 2. The fourth-order valence-corrected chi connectivity index (χ4v) is 3.00. The number of aliphatic hydroxyl groups is 1. The predicted molar refractivity (Wildman–Crippen MR) is 93.9 cm³/mol. The number of amides is 1. The monoisotopic (exact) mass is 396 g/mol. The van der Waals surface area contributed by atoms with Crippen molar-refractivity contribution in [3.63, 3.8) is 0 Å². The Labute approximate surface area is 159 Å². The first-order valence-electron chi connectivity index (χ1n) is 8.47. The topological polar surface area (TPSA) is 75.3 Å². The van der Waals surface area contributed by atoms with Gasteiger partial charge < -0.3 is 14.3 Å². The molecule has 0 fully saturated rings. The van der Waals surface area contributed by atoms with Gasteiger partial charge in [0, 0.05) is 12.1 Å². The lowest BCUT2D eigenvalue weighted by atomic mass is 10.1. The predicted octanol–water partition coefficient (Wildman–Crippen LogP) is 3.95. The van der Waals surface area contributed by atoms with Gasteiger partial charge in [-0.25, -0.2) is 0 Å². The van der Waals surface area contributed by atoms with Crippen LogP contribution in [0.25, 0.3) is 0 Å². The van der Waals surface area contributed by atoms with Gasteiger partial charge in [-0.3, -0.25) is 4.79 Å². The first-order chi connectivity index (χ1) is 13.0. The second kappa shape index (κ2) is 6.97. The zero-order valence-electron chi connectivity index (χ0n) is 15.5. The van der Waals surface area contributed by atoms with Crippen molar-refractivity contribution < 1.29 is 32.2 Å². The number of carbonyl (C=O) groups is 1. The van der Waals surface area contributed by atoms with E-state index in [1.54, 1.807) is 0 Å². The van der Waals surface area contributed by atoms with E-state index >= 15 is 0 Å². The van der Waals surface area contributed by atoms with Crippen LogP contribution in [0.2, 0.25) is 0 Å². The van der Waals surface area contributed by atoms with E-state index in [1.165, 1.54) is 19.1 Å². The second-order valence-corrected chi connectivity index (χ2v) is 6.82. The zero-order valence-corrected chi connectivity index (χ0v) is 15.5. The van der Waals surface area contributed by atoms with Crippen molar-refractivity contribution in [1.82, 2.24) is 5.01 Å². The van der Waals surface area contributed by atoms with Gasteiger partial charge in [-0.05, 0) is 56.2 Å². The Morgan fingerprint density at radius 3 is 2.50 bits per heavy atom. The van der Waals surface area contributed by atoms with Gasteiger partial charge in [0.1, 0.15) is 18.1 Å². The average molecular weight is 396 g/mol. The number of hydrogen-bond acceptors (Lipinski definition) is 5. The Balaban J connectivity index is 1.75. The summed E-state index contributed by atoms with van der Waals surface area (Å²) in [6.07, 6.45) is -5.88. The molecule has 150 valence electrons. The van der Waals surface area contributed by atoms with Crippen LogP contribution in [-0.2, 0) is 6.61 Å². The molecule has 0 aliphatic carbocycles. The standard InChI is InChI=1S/C19H19F3N2O4/c1-11-6-12(2)8-15(7-11)27-10-14-4-5-16(28-14)17(25)24-18(26,19(20,21)22)9-13(3)23-24/h4-8,26H,9-10H2,1-3H3. The molecule has 0 saturated heterocycles. The van der Waals surface area contributed by atoms with Gasteiger partial charge in [0.25, 0.3) is 5.72 Å². The third kappa shape index (κ3) is 3.75. The van der Waals surface area contributed by atoms with E-state index in [2.05, 4.69) is 5.10 Å². The molecule has 9 heteroatoms. The van der Waals surface area contributed by atoms with Gasteiger partial charge in [-0.15, -0.1) is 0 Å². The number of hydrogen-bond donors (Lipinski definition) is 1. The first-order valence-corrected chi connectivity index (χ1v) is 8.47. The molecule has 1 aliphatic rings. The molecular weight excluding hydrogens is 377 g/mol. The van der Waals surface area contributed by atoms with Gasteiger partial charge in [-0.1, -0.05) is 6.07 Å². The van der Waals surface area contributed by atoms with Crippen molar-refractivity contribution in [3.05, 3.63) is 53.0 Å². The highest BCUT2D eigenvalue weighted by Gasteiger charge is 2.63. The summed E-state index contributed by atoms with van der Waals surface area (Å²) in [6, 6.07) is 8.29. The van der Waals surface area contributed by atoms with E-state index in [4.69, 9.17) is 9.15 Å². The Morgan fingerprint density at radius 2 is 1.89 bits per heavy atom. The van der Waals surface area contributed by atoms with Gasteiger partial charge in [0.2, 0.25) is 0 Å². The van der Waals surface area contributed by atoms with E-state index in [9.17, 15) is 23.1 Å². The normalized spacial score (nSPS) is 19.7.